The molecule has 82 valence electrons. The third kappa shape index (κ3) is 2.30. The van der Waals surface area contributed by atoms with Crippen LogP contribution in [-0.4, -0.2) is 4.98 Å². The number of rotatable bonds is 2. The van der Waals surface area contributed by atoms with Crippen LogP contribution in [0.2, 0.25) is 0 Å². The van der Waals surface area contributed by atoms with E-state index in [0.717, 1.165) is 4.47 Å². The van der Waals surface area contributed by atoms with Crippen molar-refractivity contribution in [2.45, 2.75) is 0 Å². The maximum atomic E-state index is 13.4. The van der Waals surface area contributed by atoms with Crippen LogP contribution in [0.5, 0.6) is 11.5 Å². The van der Waals surface area contributed by atoms with Gasteiger partial charge in [0.2, 0.25) is 0 Å². The molecular weight excluding hydrogens is 275 g/mol. The van der Waals surface area contributed by atoms with Gasteiger partial charge < -0.3 is 10.5 Å². The van der Waals surface area contributed by atoms with Crippen LogP contribution in [-0.2, 0) is 0 Å². The van der Waals surface area contributed by atoms with Crippen molar-refractivity contribution in [3.8, 4) is 11.5 Å². The van der Waals surface area contributed by atoms with Crippen LogP contribution < -0.4 is 10.5 Å². The molecule has 1 aromatic carbocycles. The van der Waals surface area contributed by atoms with Crippen LogP contribution in [0.1, 0.15) is 0 Å². The minimum atomic E-state index is -0.445. The summed E-state index contributed by atoms with van der Waals surface area (Å²) in [6.07, 6.45) is 2.98. The van der Waals surface area contributed by atoms with Crippen LogP contribution in [0, 0.1) is 5.82 Å². The van der Waals surface area contributed by atoms with Crippen LogP contribution >= 0.6 is 15.9 Å². The highest BCUT2D eigenvalue weighted by Crippen LogP contribution is 2.30. The first-order chi connectivity index (χ1) is 7.66. The van der Waals surface area contributed by atoms with Gasteiger partial charge in [0.05, 0.1) is 11.9 Å². The third-order valence-electron chi connectivity index (χ3n) is 1.92. The molecule has 5 heteroatoms. The number of hydrogen-bond acceptors (Lipinski definition) is 3. The predicted octanol–water partition coefficient (Wildman–Crippen LogP) is 3.36. The Morgan fingerprint density at radius 3 is 2.81 bits per heavy atom. The number of pyridine rings is 1. The molecule has 0 amide bonds. The molecule has 1 heterocycles. The number of aromatic nitrogens is 1. The monoisotopic (exact) mass is 282 g/mol. The lowest BCUT2D eigenvalue weighted by Crippen LogP contribution is -1.94. The second-order valence-electron chi connectivity index (χ2n) is 3.09. The molecule has 0 unspecified atom stereocenters. The van der Waals surface area contributed by atoms with E-state index in [1.54, 1.807) is 12.1 Å². The second kappa shape index (κ2) is 4.49. The first-order valence-electron chi connectivity index (χ1n) is 4.49. The van der Waals surface area contributed by atoms with Gasteiger partial charge in [-0.15, -0.1) is 0 Å². The smallest absolute Gasteiger partial charge is 0.165 e. The lowest BCUT2D eigenvalue weighted by atomic mass is 10.3. The zero-order valence-electron chi connectivity index (χ0n) is 8.15. The Labute approximate surface area is 100 Å². The molecule has 0 aliphatic rings. The zero-order valence-corrected chi connectivity index (χ0v) is 9.74. The van der Waals surface area contributed by atoms with Crippen LogP contribution in [0.15, 0.2) is 41.1 Å². The Hall–Kier alpha value is -1.62. The topological polar surface area (TPSA) is 48.1 Å². The lowest BCUT2D eigenvalue weighted by molar-refractivity contribution is 0.443. The Morgan fingerprint density at radius 1 is 1.25 bits per heavy atom. The van der Waals surface area contributed by atoms with Crippen molar-refractivity contribution < 1.29 is 9.13 Å². The maximum absolute atomic E-state index is 13.4. The highest BCUT2D eigenvalue weighted by atomic mass is 79.9. The lowest BCUT2D eigenvalue weighted by Gasteiger charge is -2.08. The molecule has 0 saturated heterocycles. The second-order valence-corrected chi connectivity index (χ2v) is 4.01. The third-order valence-corrected chi connectivity index (χ3v) is 2.42. The molecule has 0 atom stereocenters. The summed E-state index contributed by atoms with van der Waals surface area (Å²) in [5.74, 6) is 0.0543. The fraction of sp³-hybridized carbons (Fsp3) is 0. The average molecular weight is 283 g/mol. The standard InChI is InChI=1S/C11H8BrFN2O/c12-7-1-2-8(13)11(5-7)16-10-3-4-15-6-9(10)14/h1-6H,14H2. The first kappa shape index (κ1) is 10.9. The fourth-order valence-corrected chi connectivity index (χ4v) is 1.50. The van der Waals surface area contributed by atoms with E-state index >= 15 is 0 Å². The number of nitrogen functional groups attached to an aromatic ring is 1. The Kier molecular flexibility index (Phi) is 3.05. The van der Waals surface area contributed by atoms with Gasteiger partial charge in [-0.05, 0) is 18.2 Å². The van der Waals surface area contributed by atoms with Crippen molar-refractivity contribution in [1.82, 2.24) is 4.98 Å². The summed E-state index contributed by atoms with van der Waals surface area (Å²) < 4.78 is 19.5. The summed E-state index contributed by atoms with van der Waals surface area (Å²) in [6, 6.07) is 6.03. The van der Waals surface area contributed by atoms with Gasteiger partial charge >= 0.3 is 0 Å². The maximum Gasteiger partial charge on any atom is 0.165 e. The summed E-state index contributed by atoms with van der Waals surface area (Å²) in [4.78, 5) is 3.82. The normalized spacial score (nSPS) is 10.1. The highest BCUT2D eigenvalue weighted by Gasteiger charge is 2.07. The van der Waals surface area contributed by atoms with Crippen LogP contribution in [0.4, 0.5) is 10.1 Å². The van der Waals surface area contributed by atoms with E-state index in [0.29, 0.717) is 11.4 Å². The molecule has 3 nitrogen and oxygen atoms in total. The van der Waals surface area contributed by atoms with Crippen molar-refractivity contribution in [2.75, 3.05) is 5.73 Å². The molecule has 0 spiro atoms. The van der Waals surface area contributed by atoms with Crippen LogP contribution in [0.3, 0.4) is 0 Å². The van der Waals surface area contributed by atoms with Crippen molar-refractivity contribution in [3.63, 3.8) is 0 Å². The van der Waals surface area contributed by atoms with Crippen molar-refractivity contribution in [2.24, 2.45) is 0 Å². The molecule has 0 radical (unpaired) electrons. The summed E-state index contributed by atoms with van der Waals surface area (Å²) in [5, 5.41) is 0. The summed E-state index contributed by atoms with van der Waals surface area (Å²) in [6.45, 7) is 0. The number of benzene rings is 1. The minimum Gasteiger partial charge on any atom is -0.452 e. The molecule has 0 saturated carbocycles. The van der Waals surface area contributed by atoms with Gasteiger partial charge in [0.1, 0.15) is 0 Å². The SMILES string of the molecule is Nc1cnccc1Oc1cc(Br)ccc1F. The van der Waals surface area contributed by atoms with Gasteiger partial charge in [-0.3, -0.25) is 4.98 Å². The largest absolute Gasteiger partial charge is 0.452 e. The van der Waals surface area contributed by atoms with E-state index in [1.165, 1.54) is 24.5 Å². The molecule has 0 aliphatic carbocycles. The molecule has 16 heavy (non-hydrogen) atoms. The van der Waals surface area contributed by atoms with Crippen molar-refractivity contribution >= 4 is 21.6 Å². The van der Waals surface area contributed by atoms with Gasteiger partial charge in [0, 0.05) is 16.7 Å². The van der Waals surface area contributed by atoms with Gasteiger partial charge in [-0.1, -0.05) is 15.9 Å². The number of halogens is 2. The van der Waals surface area contributed by atoms with Gasteiger partial charge in [-0.2, -0.15) is 0 Å². The Morgan fingerprint density at radius 2 is 2.06 bits per heavy atom. The van der Waals surface area contributed by atoms with E-state index in [4.69, 9.17) is 10.5 Å². The molecule has 0 aliphatic heterocycles. The van der Waals surface area contributed by atoms with Gasteiger partial charge in [0.15, 0.2) is 17.3 Å². The molecule has 0 bridgehead atoms. The van der Waals surface area contributed by atoms with Crippen molar-refractivity contribution in [3.05, 3.63) is 46.9 Å². The number of hydrogen-bond donors (Lipinski definition) is 1. The van der Waals surface area contributed by atoms with Gasteiger partial charge in [0.25, 0.3) is 0 Å². The Balaban J connectivity index is 2.34. The van der Waals surface area contributed by atoms with Crippen molar-refractivity contribution in [1.29, 1.82) is 0 Å². The number of anilines is 1. The van der Waals surface area contributed by atoms with E-state index in [-0.39, 0.29) is 5.75 Å². The molecule has 2 N–H and O–H groups in total. The summed E-state index contributed by atoms with van der Waals surface area (Å²) in [5.41, 5.74) is 6.00. The van der Waals surface area contributed by atoms with E-state index in [9.17, 15) is 4.39 Å². The number of nitrogens with zero attached hydrogens (tertiary/aromatic N) is 1. The fourth-order valence-electron chi connectivity index (χ4n) is 1.16. The van der Waals surface area contributed by atoms with E-state index < -0.39 is 5.82 Å². The molecule has 2 rings (SSSR count). The number of nitrogens with two attached hydrogens (primary N) is 1. The van der Waals surface area contributed by atoms with Gasteiger partial charge in [-0.25, -0.2) is 4.39 Å². The predicted molar refractivity (Wildman–Crippen MR) is 62.8 cm³/mol. The summed E-state index contributed by atoms with van der Waals surface area (Å²) in [7, 11) is 0. The summed E-state index contributed by atoms with van der Waals surface area (Å²) >= 11 is 3.24. The minimum absolute atomic E-state index is 0.118. The first-order valence-corrected chi connectivity index (χ1v) is 5.28. The quantitative estimate of drug-likeness (QED) is 0.919. The highest BCUT2D eigenvalue weighted by molar-refractivity contribution is 9.10. The molecule has 1 aromatic heterocycles. The Bertz CT molecular complexity index is 519. The molecule has 2 aromatic rings. The molecule has 0 fully saturated rings. The van der Waals surface area contributed by atoms with Crippen LogP contribution in [0.25, 0.3) is 0 Å². The number of ether oxygens (including phenoxy) is 1. The van der Waals surface area contributed by atoms with E-state index in [2.05, 4.69) is 20.9 Å². The molecular formula is C11H8BrFN2O. The average Bonchev–Trinajstić information content (AvgIpc) is 2.27. The zero-order chi connectivity index (χ0) is 11.5. The van der Waals surface area contributed by atoms with E-state index in [1.807, 2.05) is 0 Å².